The van der Waals surface area contributed by atoms with E-state index in [1.54, 1.807) is 12.1 Å². The first-order valence-electron chi connectivity index (χ1n) is 9.95. The van der Waals surface area contributed by atoms with Gasteiger partial charge in [-0.1, -0.05) is 46.9 Å². The van der Waals surface area contributed by atoms with Gasteiger partial charge >= 0.3 is 5.97 Å². The SMILES string of the molecule is COc1ccc(C(=O)OCC(=O)c2ccc(C)cc2C)cc1NC(=O)CSc1nnc(C)s1. The van der Waals surface area contributed by atoms with Gasteiger partial charge in [-0.2, -0.15) is 0 Å². The lowest BCUT2D eigenvalue weighted by Gasteiger charge is -2.12. The van der Waals surface area contributed by atoms with E-state index in [1.807, 2.05) is 32.9 Å². The van der Waals surface area contributed by atoms with Crippen LogP contribution in [-0.2, 0) is 9.53 Å². The number of anilines is 1. The third kappa shape index (κ3) is 6.62. The molecule has 0 aliphatic heterocycles. The minimum absolute atomic E-state index is 0.122. The Morgan fingerprint density at radius 1 is 1.06 bits per heavy atom. The van der Waals surface area contributed by atoms with Crippen LogP contribution in [0.15, 0.2) is 40.7 Å². The predicted octanol–water partition coefficient (Wildman–Crippen LogP) is 4.24. The molecule has 0 saturated carbocycles. The molecule has 2 aromatic carbocycles. The third-order valence-electron chi connectivity index (χ3n) is 4.56. The predicted molar refractivity (Wildman–Crippen MR) is 128 cm³/mol. The van der Waals surface area contributed by atoms with E-state index < -0.39 is 5.97 Å². The molecule has 0 radical (unpaired) electrons. The molecule has 0 spiro atoms. The van der Waals surface area contributed by atoms with Gasteiger partial charge in [-0.15, -0.1) is 10.2 Å². The summed E-state index contributed by atoms with van der Waals surface area (Å²) >= 11 is 2.67. The highest BCUT2D eigenvalue weighted by atomic mass is 32.2. The number of esters is 1. The molecule has 33 heavy (non-hydrogen) atoms. The number of ether oxygens (including phenoxy) is 2. The first-order valence-corrected chi connectivity index (χ1v) is 11.8. The average Bonchev–Trinajstić information content (AvgIpc) is 3.21. The van der Waals surface area contributed by atoms with Crippen molar-refractivity contribution in [3.05, 3.63) is 63.7 Å². The van der Waals surface area contributed by atoms with E-state index in [4.69, 9.17) is 9.47 Å². The van der Waals surface area contributed by atoms with Crippen LogP contribution < -0.4 is 10.1 Å². The van der Waals surface area contributed by atoms with E-state index in [2.05, 4.69) is 15.5 Å². The Morgan fingerprint density at radius 2 is 1.85 bits per heavy atom. The molecule has 1 N–H and O–H groups in total. The summed E-state index contributed by atoms with van der Waals surface area (Å²) in [5.74, 6) is -0.738. The van der Waals surface area contributed by atoms with E-state index >= 15 is 0 Å². The van der Waals surface area contributed by atoms with Gasteiger partial charge in [0.25, 0.3) is 0 Å². The number of amides is 1. The Balaban J connectivity index is 1.63. The molecule has 1 heterocycles. The molecular formula is C23H23N3O5S2. The summed E-state index contributed by atoms with van der Waals surface area (Å²) < 4.78 is 11.2. The van der Waals surface area contributed by atoms with Gasteiger partial charge in [-0.05, 0) is 44.5 Å². The highest BCUT2D eigenvalue weighted by Crippen LogP contribution is 2.27. The number of carbonyl (C=O) groups is 3. The maximum absolute atomic E-state index is 12.5. The number of aryl methyl sites for hydroxylation is 3. The largest absolute Gasteiger partial charge is 0.495 e. The van der Waals surface area contributed by atoms with Gasteiger partial charge < -0.3 is 14.8 Å². The van der Waals surface area contributed by atoms with Gasteiger partial charge in [0.05, 0.1) is 24.1 Å². The van der Waals surface area contributed by atoms with Crippen molar-refractivity contribution in [2.24, 2.45) is 0 Å². The smallest absolute Gasteiger partial charge is 0.338 e. The second kappa shape index (κ2) is 11.1. The number of thioether (sulfide) groups is 1. The van der Waals surface area contributed by atoms with Crippen molar-refractivity contribution in [1.82, 2.24) is 10.2 Å². The summed E-state index contributed by atoms with van der Waals surface area (Å²) in [6, 6.07) is 9.99. The zero-order valence-corrected chi connectivity index (χ0v) is 20.3. The fraction of sp³-hybridized carbons (Fsp3) is 0.261. The molecule has 0 saturated heterocycles. The lowest BCUT2D eigenvalue weighted by Crippen LogP contribution is -2.17. The number of nitrogens with one attached hydrogen (secondary N) is 1. The van der Waals surface area contributed by atoms with Gasteiger partial charge in [0.2, 0.25) is 11.7 Å². The van der Waals surface area contributed by atoms with Crippen molar-refractivity contribution < 1.29 is 23.9 Å². The second-order valence-corrected chi connectivity index (χ2v) is 9.56. The van der Waals surface area contributed by atoms with Crippen molar-refractivity contribution in [2.45, 2.75) is 25.1 Å². The zero-order chi connectivity index (χ0) is 24.0. The van der Waals surface area contributed by atoms with Crippen molar-refractivity contribution in [1.29, 1.82) is 0 Å². The summed E-state index contributed by atoms with van der Waals surface area (Å²) in [7, 11) is 1.46. The molecule has 0 fully saturated rings. The number of hydrogen-bond acceptors (Lipinski definition) is 9. The quantitative estimate of drug-likeness (QED) is 0.272. The van der Waals surface area contributed by atoms with Crippen LogP contribution >= 0.6 is 23.1 Å². The van der Waals surface area contributed by atoms with Crippen LogP contribution in [0.5, 0.6) is 5.75 Å². The topological polar surface area (TPSA) is 107 Å². The number of nitrogens with zero attached hydrogens (tertiary/aromatic N) is 2. The molecule has 0 bridgehead atoms. The van der Waals surface area contributed by atoms with Crippen LogP contribution in [0, 0.1) is 20.8 Å². The molecule has 3 rings (SSSR count). The molecule has 0 atom stereocenters. The number of aromatic nitrogens is 2. The van der Waals surface area contributed by atoms with Gasteiger partial charge in [0, 0.05) is 5.56 Å². The Labute approximate surface area is 199 Å². The average molecular weight is 486 g/mol. The third-order valence-corrected chi connectivity index (χ3v) is 6.53. The number of benzene rings is 2. The maximum Gasteiger partial charge on any atom is 0.338 e. The van der Waals surface area contributed by atoms with Crippen molar-refractivity contribution >= 4 is 46.4 Å². The van der Waals surface area contributed by atoms with Gasteiger partial charge in [0.1, 0.15) is 10.8 Å². The lowest BCUT2D eigenvalue weighted by atomic mass is 10.0. The van der Waals surface area contributed by atoms with Crippen molar-refractivity contribution in [3.8, 4) is 5.75 Å². The van der Waals surface area contributed by atoms with Crippen LogP contribution in [-0.4, -0.2) is 47.3 Å². The van der Waals surface area contributed by atoms with Crippen molar-refractivity contribution in [3.63, 3.8) is 0 Å². The van der Waals surface area contributed by atoms with E-state index in [0.29, 0.717) is 21.3 Å². The maximum atomic E-state index is 12.5. The lowest BCUT2D eigenvalue weighted by molar-refractivity contribution is -0.113. The molecule has 0 aliphatic carbocycles. The Kier molecular flexibility index (Phi) is 8.18. The molecule has 8 nitrogen and oxygen atoms in total. The standard InChI is InChI=1S/C23H23N3O5S2/c1-13-5-7-17(14(2)9-13)19(27)11-31-22(29)16-6-8-20(30-4)18(10-16)24-21(28)12-32-23-26-25-15(3)33-23/h5-10H,11-12H2,1-4H3,(H,24,28). The van der Waals surface area contributed by atoms with Gasteiger partial charge in [-0.25, -0.2) is 4.79 Å². The Hall–Kier alpha value is -3.24. The second-order valence-electron chi connectivity index (χ2n) is 7.16. The minimum atomic E-state index is -0.676. The number of hydrogen-bond donors (Lipinski definition) is 1. The zero-order valence-electron chi connectivity index (χ0n) is 18.6. The fourth-order valence-corrected chi connectivity index (χ4v) is 4.62. The molecule has 172 valence electrons. The number of rotatable bonds is 9. The highest BCUT2D eigenvalue weighted by molar-refractivity contribution is 8.01. The molecular weight excluding hydrogens is 462 g/mol. The molecule has 1 aromatic heterocycles. The summed E-state index contributed by atoms with van der Waals surface area (Å²) in [5, 5.41) is 11.4. The fourth-order valence-electron chi connectivity index (χ4n) is 3.00. The van der Waals surface area contributed by atoms with Gasteiger partial charge in [-0.3, -0.25) is 9.59 Å². The first-order chi connectivity index (χ1) is 15.8. The monoisotopic (exact) mass is 485 g/mol. The Morgan fingerprint density at radius 3 is 2.52 bits per heavy atom. The van der Waals surface area contributed by atoms with E-state index in [-0.39, 0.29) is 29.6 Å². The highest BCUT2D eigenvalue weighted by Gasteiger charge is 2.17. The summed E-state index contributed by atoms with van der Waals surface area (Å²) in [4.78, 5) is 37.4. The van der Waals surface area contributed by atoms with Crippen molar-refractivity contribution in [2.75, 3.05) is 24.8 Å². The van der Waals surface area contributed by atoms with Crippen LogP contribution in [0.3, 0.4) is 0 Å². The number of carbonyl (C=O) groups excluding carboxylic acids is 3. The number of ketones is 1. The molecule has 10 heteroatoms. The number of Topliss-reactive ketones (excluding diaryl/α,β-unsaturated/α-hetero) is 1. The molecule has 0 unspecified atom stereocenters. The van der Waals surface area contributed by atoms with Crippen LogP contribution in [0.25, 0.3) is 0 Å². The van der Waals surface area contributed by atoms with Crippen LogP contribution in [0.2, 0.25) is 0 Å². The van der Waals surface area contributed by atoms with Crippen LogP contribution in [0.4, 0.5) is 5.69 Å². The molecule has 0 aliphatic rings. The van der Waals surface area contributed by atoms with E-state index in [9.17, 15) is 14.4 Å². The van der Waals surface area contributed by atoms with Crippen LogP contribution in [0.1, 0.15) is 36.9 Å². The Bertz CT molecular complexity index is 1190. The van der Waals surface area contributed by atoms with E-state index in [0.717, 1.165) is 16.1 Å². The first kappa shape index (κ1) is 24.4. The summed E-state index contributed by atoms with van der Waals surface area (Å²) in [6.07, 6.45) is 0. The number of methoxy groups -OCH3 is 1. The normalized spacial score (nSPS) is 10.5. The minimum Gasteiger partial charge on any atom is -0.495 e. The molecule has 1 amide bonds. The summed E-state index contributed by atoms with van der Waals surface area (Å²) in [5.41, 5.74) is 2.90. The molecule has 3 aromatic rings. The van der Waals surface area contributed by atoms with E-state index in [1.165, 1.54) is 42.3 Å². The van der Waals surface area contributed by atoms with Gasteiger partial charge in [0.15, 0.2) is 10.9 Å². The summed E-state index contributed by atoms with van der Waals surface area (Å²) in [6.45, 7) is 5.24.